The monoisotopic (exact) mass is 420 g/mol. The van der Waals surface area contributed by atoms with Gasteiger partial charge in [-0.2, -0.15) is 0 Å². The third-order valence-corrected chi connectivity index (χ3v) is 3.85. The normalized spacial score (nSPS) is 9.48. The lowest BCUT2D eigenvalue weighted by Gasteiger charge is -2.17. The molecule has 0 aliphatic rings. The highest BCUT2D eigenvalue weighted by atomic mass is 35.5. The maximum atomic E-state index is 5.72. The Labute approximate surface area is 173 Å². The van der Waals surface area contributed by atoms with Gasteiger partial charge in [-0.05, 0) is 55.4 Å². The molecular formula is C19H30Cl2N2O4. The van der Waals surface area contributed by atoms with Crippen LogP contribution in [0.3, 0.4) is 0 Å². The number of ether oxygens (including phenoxy) is 3. The minimum Gasteiger partial charge on any atom is -0.493 e. The lowest BCUT2D eigenvalue weighted by Crippen LogP contribution is -2.26. The molecule has 0 aliphatic carbocycles. The molecule has 0 spiro atoms. The fraction of sp³-hybridized carbons (Fsp3) is 0.368. The predicted molar refractivity (Wildman–Crippen MR) is 115 cm³/mol. The standard InChI is InChI=1S/C19H26N2O3.2ClH.H2O/c1-21(12-13-24-17-7-5-16(20)6-8-17)11-10-15-4-9-18(22-2)19(14-15)23-3;;;/h4-9,14H,10-13,20H2,1-3H3;2*1H;1H2. The third-order valence-electron chi connectivity index (χ3n) is 3.85. The molecule has 0 heterocycles. The second kappa shape index (κ2) is 14.2. The molecule has 0 atom stereocenters. The van der Waals surface area contributed by atoms with Crippen molar-refractivity contribution >= 4 is 30.5 Å². The molecule has 6 nitrogen and oxygen atoms in total. The molecule has 0 saturated heterocycles. The number of anilines is 1. The van der Waals surface area contributed by atoms with Crippen LogP contribution < -0.4 is 19.9 Å². The van der Waals surface area contributed by atoms with Crippen LogP contribution in [0.1, 0.15) is 5.56 Å². The molecule has 2 aromatic carbocycles. The van der Waals surface area contributed by atoms with Crippen LogP contribution in [0.5, 0.6) is 17.2 Å². The molecule has 0 aromatic heterocycles. The van der Waals surface area contributed by atoms with E-state index in [1.807, 2.05) is 36.4 Å². The molecule has 0 amide bonds. The van der Waals surface area contributed by atoms with Gasteiger partial charge in [0.2, 0.25) is 0 Å². The zero-order chi connectivity index (χ0) is 17.4. The van der Waals surface area contributed by atoms with Crippen molar-refractivity contribution in [2.45, 2.75) is 6.42 Å². The van der Waals surface area contributed by atoms with E-state index in [1.54, 1.807) is 14.2 Å². The van der Waals surface area contributed by atoms with Crippen LogP contribution >= 0.6 is 24.8 Å². The molecule has 0 bridgehead atoms. The lowest BCUT2D eigenvalue weighted by molar-refractivity contribution is 0.239. The van der Waals surface area contributed by atoms with Gasteiger partial charge in [0.25, 0.3) is 0 Å². The van der Waals surface area contributed by atoms with Gasteiger partial charge in [0.1, 0.15) is 12.4 Å². The lowest BCUT2D eigenvalue weighted by atomic mass is 10.1. The second-order valence-electron chi connectivity index (χ2n) is 5.66. The Morgan fingerprint density at radius 1 is 0.889 bits per heavy atom. The van der Waals surface area contributed by atoms with E-state index in [4.69, 9.17) is 19.9 Å². The van der Waals surface area contributed by atoms with Gasteiger partial charge in [0.15, 0.2) is 11.5 Å². The summed E-state index contributed by atoms with van der Waals surface area (Å²) in [5.41, 5.74) is 7.62. The number of hydrogen-bond acceptors (Lipinski definition) is 5. The van der Waals surface area contributed by atoms with Crippen LogP contribution in [0, 0.1) is 0 Å². The molecule has 27 heavy (non-hydrogen) atoms. The summed E-state index contributed by atoms with van der Waals surface area (Å²) < 4.78 is 16.3. The number of hydrogen-bond donors (Lipinski definition) is 1. The van der Waals surface area contributed by atoms with Crippen molar-refractivity contribution in [2.24, 2.45) is 0 Å². The molecule has 0 aliphatic heterocycles. The minimum absolute atomic E-state index is 0. The number of rotatable bonds is 9. The van der Waals surface area contributed by atoms with E-state index >= 15 is 0 Å². The Bertz CT molecular complexity index is 642. The largest absolute Gasteiger partial charge is 0.493 e. The van der Waals surface area contributed by atoms with Crippen LogP contribution in [0.25, 0.3) is 0 Å². The highest BCUT2D eigenvalue weighted by molar-refractivity contribution is 5.85. The summed E-state index contributed by atoms with van der Waals surface area (Å²) in [5, 5.41) is 0. The fourth-order valence-electron chi connectivity index (χ4n) is 2.35. The molecule has 0 unspecified atom stereocenters. The summed E-state index contributed by atoms with van der Waals surface area (Å²) in [6, 6.07) is 13.5. The molecule has 154 valence electrons. The van der Waals surface area contributed by atoms with Crippen molar-refractivity contribution in [3.8, 4) is 17.2 Å². The van der Waals surface area contributed by atoms with Gasteiger partial charge >= 0.3 is 0 Å². The average Bonchev–Trinajstić information content (AvgIpc) is 2.61. The Balaban J connectivity index is 0. The van der Waals surface area contributed by atoms with Gasteiger partial charge < -0.3 is 30.3 Å². The molecule has 0 saturated carbocycles. The van der Waals surface area contributed by atoms with Crippen LogP contribution in [-0.4, -0.2) is 51.3 Å². The first-order chi connectivity index (χ1) is 11.6. The summed E-state index contributed by atoms with van der Waals surface area (Å²) in [6.07, 6.45) is 0.943. The van der Waals surface area contributed by atoms with Gasteiger partial charge in [0.05, 0.1) is 14.2 Å². The zero-order valence-corrected chi connectivity index (χ0v) is 17.6. The topological polar surface area (TPSA) is 88.5 Å². The highest BCUT2D eigenvalue weighted by Crippen LogP contribution is 2.27. The van der Waals surface area contributed by atoms with Gasteiger partial charge in [-0.3, -0.25) is 0 Å². The number of halogens is 2. The number of methoxy groups -OCH3 is 2. The summed E-state index contributed by atoms with van der Waals surface area (Å²) in [6.45, 7) is 2.45. The molecule has 4 N–H and O–H groups in total. The summed E-state index contributed by atoms with van der Waals surface area (Å²) in [5.74, 6) is 2.37. The molecule has 8 heteroatoms. The number of likely N-dealkylation sites (N-methyl/N-ethyl adjacent to an activating group) is 1. The first kappa shape index (κ1) is 27.4. The predicted octanol–water partition coefficient (Wildman–Crippen LogP) is 2.86. The van der Waals surface area contributed by atoms with Crippen molar-refractivity contribution < 1.29 is 19.7 Å². The van der Waals surface area contributed by atoms with Crippen molar-refractivity contribution in [1.82, 2.24) is 4.90 Å². The van der Waals surface area contributed by atoms with E-state index in [0.29, 0.717) is 6.61 Å². The minimum atomic E-state index is 0. The van der Waals surface area contributed by atoms with Crippen LogP contribution in [0.4, 0.5) is 5.69 Å². The Kier molecular flexibility index (Phi) is 14.4. The van der Waals surface area contributed by atoms with E-state index in [-0.39, 0.29) is 30.3 Å². The number of nitrogen functional groups attached to an aromatic ring is 1. The Hall–Kier alpha value is -1.86. The smallest absolute Gasteiger partial charge is 0.160 e. The quantitative estimate of drug-likeness (QED) is 0.629. The van der Waals surface area contributed by atoms with Crippen molar-refractivity contribution in [1.29, 1.82) is 0 Å². The van der Waals surface area contributed by atoms with Gasteiger partial charge in [-0.15, -0.1) is 24.8 Å². The third kappa shape index (κ3) is 9.06. The van der Waals surface area contributed by atoms with Gasteiger partial charge in [-0.25, -0.2) is 0 Å². The van der Waals surface area contributed by atoms with Crippen LogP contribution in [0.15, 0.2) is 42.5 Å². The molecule has 0 radical (unpaired) electrons. The van der Waals surface area contributed by atoms with E-state index in [9.17, 15) is 0 Å². The molecule has 2 rings (SSSR count). The Morgan fingerprint density at radius 3 is 2.11 bits per heavy atom. The van der Waals surface area contributed by atoms with Crippen molar-refractivity contribution in [2.75, 3.05) is 46.7 Å². The molecule has 0 fully saturated rings. The Morgan fingerprint density at radius 2 is 1.52 bits per heavy atom. The first-order valence-corrected chi connectivity index (χ1v) is 8.00. The van der Waals surface area contributed by atoms with Crippen LogP contribution in [-0.2, 0) is 6.42 Å². The summed E-state index contributed by atoms with van der Waals surface area (Å²) in [4.78, 5) is 2.24. The zero-order valence-electron chi connectivity index (χ0n) is 15.9. The van der Waals surface area contributed by atoms with E-state index in [2.05, 4.69) is 18.0 Å². The summed E-state index contributed by atoms with van der Waals surface area (Å²) >= 11 is 0. The van der Waals surface area contributed by atoms with Gasteiger partial charge in [0, 0.05) is 18.8 Å². The number of nitrogens with two attached hydrogens (primary N) is 1. The van der Waals surface area contributed by atoms with Crippen LogP contribution in [0.2, 0.25) is 0 Å². The second-order valence-corrected chi connectivity index (χ2v) is 5.66. The SMILES string of the molecule is COc1ccc(CCN(C)CCOc2ccc(N)cc2)cc1OC.Cl.Cl.O. The number of benzene rings is 2. The number of nitrogens with zero attached hydrogens (tertiary/aromatic N) is 1. The maximum Gasteiger partial charge on any atom is 0.160 e. The average molecular weight is 421 g/mol. The maximum absolute atomic E-state index is 5.72. The van der Waals surface area contributed by atoms with Crippen molar-refractivity contribution in [3.05, 3.63) is 48.0 Å². The van der Waals surface area contributed by atoms with E-state index in [1.165, 1.54) is 5.56 Å². The van der Waals surface area contributed by atoms with Crippen molar-refractivity contribution in [3.63, 3.8) is 0 Å². The highest BCUT2D eigenvalue weighted by Gasteiger charge is 2.06. The fourth-order valence-corrected chi connectivity index (χ4v) is 2.35. The first-order valence-electron chi connectivity index (χ1n) is 8.00. The molecular weight excluding hydrogens is 391 g/mol. The summed E-state index contributed by atoms with van der Waals surface area (Å²) in [7, 11) is 5.39. The van der Waals surface area contributed by atoms with E-state index in [0.717, 1.165) is 42.4 Å². The van der Waals surface area contributed by atoms with Gasteiger partial charge in [-0.1, -0.05) is 6.07 Å². The van der Waals surface area contributed by atoms with E-state index < -0.39 is 0 Å². The molecule has 2 aromatic rings.